The van der Waals surface area contributed by atoms with Crippen molar-refractivity contribution in [2.24, 2.45) is 0 Å². The molecule has 0 amide bonds. The summed E-state index contributed by atoms with van der Waals surface area (Å²) < 4.78 is 26.4. The van der Waals surface area contributed by atoms with Gasteiger partial charge in [0.1, 0.15) is 5.82 Å². The summed E-state index contributed by atoms with van der Waals surface area (Å²) in [5.74, 6) is 0.518. The van der Waals surface area contributed by atoms with Gasteiger partial charge < -0.3 is 4.98 Å². The van der Waals surface area contributed by atoms with Crippen molar-refractivity contribution in [2.45, 2.75) is 25.3 Å². The van der Waals surface area contributed by atoms with E-state index in [9.17, 15) is 13.2 Å². The first-order valence-electron chi connectivity index (χ1n) is 8.84. The van der Waals surface area contributed by atoms with E-state index in [1.807, 2.05) is 18.2 Å². The number of halogens is 1. The summed E-state index contributed by atoms with van der Waals surface area (Å²) in [4.78, 5) is 19.8. The van der Waals surface area contributed by atoms with Crippen LogP contribution < -0.4 is 5.56 Å². The van der Waals surface area contributed by atoms with Crippen LogP contribution in [-0.4, -0.2) is 57.0 Å². The van der Waals surface area contributed by atoms with Gasteiger partial charge in [-0.05, 0) is 30.5 Å². The molecule has 3 aromatic rings. The number of aromatic nitrogens is 5. The van der Waals surface area contributed by atoms with Gasteiger partial charge in [-0.25, -0.2) is 22.4 Å². The summed E-state index contributed by atoms with van der Waals surface area (Å²) in [6.45, 7) is 1.20. The van der Waals surface area contributed by atoms with Crippen LogP contribution in [0.15, 0.2) is 29.1 Å². The predicted molar refractivity (Wildman–Crippen MR) is 105 cm³/mol. The van der Waals surface area contributed by atoms with Gasteiger partial charge in [0.2, 0.25) is 10.0 Å². The predicted octanol–water partition coefficient (Wildman–Crippen LogP) is 1.36. The molecule has 0 radical (unpaired) electrons. The molecule has 1 fully saturated rings. The Hall–Kier alpha value is -2.30. The Labute approximate surface area is 166 Å². The number of hydrogen-bond donors (Lipinski definition) is 1. The number of hydrogen-bond acceptors (Lipinski definition) is 6. The van der Waals surface area contributed by atoms with Crippen LogP contribution in [0, 0.1) is 0 Å². The molecular formula is C17H19ClN6O3S. The smallest absolute Gasteiger partial charge is 0.281 e. The zero-order valence-electron chi connectivity index (χ0n) is 15.2. The maximum atomic E-state index is 12.4. The molecule has 4 rings (SSSR count). The van der Waals surface area contributed by atoms with Crippen LogP contribution in [-0.2, 0) is 16.6 Å². The molecule has 0 unspecified atom stereocenters. The number of sulfonamides is 1. The number of aromatic amines is 1. The van der Waals surface area contributed by atoms with Gasteiger partial charge >= 0.3 is 0 Å². The highest BCUT2D eigenvalue weighted by atomic mass is 35.5. The summed E-state index contributed by atoms with van der Waals surface area (Å²) in [7, 11) is -3.20. The van der Waals surface area contributed by atoms with Crippen LogP contribution in [0.1, 0.15) is 30.1 Å². The summed E-state index contributed by atoms with van der Waals surface area (Å²) in [5, 5.41) is 8.64. The van der Waals surface area contributed by atoms with Crippen molar-refractivity contribution in [3.8, 4) is 0 Å². The summed E-state index contributed by atoms with van der Waals surface area (Å²) in [6.07, 6.45) is 2.40. The van der Waals surface area contributed by atoms with Crippen LogP contribution in [0.5, 0.6) is 0 Å². The quantitative estimate of drug-likeness (QED) is 0.678. The van der Waals surface area contributed by atoms with Crippen molar-refractivity contribution in [3.05, 3.63) is 51.0 Å². The van der Waals surface area contributed by atoms with E-state index in [0.29, 0.717) is 49.0 Å². The third-order valence-electron chi connectivity index (χ3n) is 4.92. The standard InChI is InChI=1S/C17H19ClN6O3S/c1-28(26,27)23-7-5-12(6-8-23)15-19-16-14(17(25)20-15)21-22-24(16)10-11-3-2-4-13(18)9-11/h2-4,9,12H,5-8,10H2,1H3,(H,19,20,25). The fourth-order valence-electron chi connectivity index (χ4n) is 3.45. The van der Waals surface area contributed by atoms with E-state index in [1.165, 1.54) is 10.6 Å². The molecule has 3 heterocycles. The maximum absolute atomic E-state index is 12.4. The van der Waals surface area contributed by atoms with Gasteiger partial charge in [0.25, 0.3) is 5.56 Å². The van der Waals surface area contributed by atoms with E-state index >= 15 is 0 Å². The van der Waals surface area contributed by atoms with Gasteiger partial charge in [0.05, 0.1) is 12.8 Å². The lowest BCUT2D eigenvalue weighted by Crippen LogP contribution is -2.37. The highest BCUT2D eigenvalue weighted by molar-refractivity contribution is 7.88. The average Bonchev–Trinajstić information content (AvgIpc) is 3.04. The largest absolute Gasteiger partial charge is 0.308 e. The molecule has 148 valence electrons. The molecule has 0 atom stereocenters. The highest BCUT2D eigenvalue weighted by Crippen LogP contribution is 2.26. The Balaban J connectivity index is 1.63. The lowest BCUT2D eigenvalue weighted by Gasteiger charge is -2.29. The van der Waals surface area contributed by atoms with Crippen molar-refractivity contribution in [1.29, 1.82) is 0 Å². The summed E-state index contributed by atoms with van der Waals surface area (Å²) in [6, 6.07) is 7.37. The summed E-state index contributed by atoms with van der Waals surface area (Å²) >= 11 is 6.04. The zero-order valence-corrected chi connectivity index (χ0v) is 16.7. The van der Waals surface area contributed by atoms with Gasteiger partial charge in [-0.3, -0.25) is 4.79 Å². The van der Waals surface area contributed by atoms with Crippen molar-refractivity contribution < 1.29 is 8.42 Å². The minimum Gasteiger partial charge on any atom is -0.308 e. The summed E-state index contributed by atoms with van der Waals surface area (Å²) in [5.41, 5.74) is 1.16. The van der Waals surface area contributed by atoms with Crippen LogP contribution in [0.3, 0.4) is 0 Å². The van der Waals surface area contributed by atoms with E-state index in [2.05, 4.69) is 20.3 Å². The normalized spacial score (nSPS) is 16.6. The lowest BCUT2D eigenvalue weighted by atomic mass is 9.97. The highest BCUT2D eigenvalue weighted by Gasteiger charge is 2.28. The second kappa shape index (κ2) is 7.26. The minimum atomic E-state index is -3.20. The first kappa shape index (κ1) is 19.0. The molecule has 0 aliphatic carbocycles. The number of fused-ring (bicyclic) bond motifs is 1. The Bertz CT molecular complexity index is 1180. The molecule has 9 nitrogen and oxygen atoms in total. The number of benzene rings is 1. The lowest BCUT2D eigenvalue weighted by molar-refractivity contribution is 0.315. The van der Waals surface area contributed by atoms with E-state index in [0.717, 1.165) is 5.56 Å². The molecule has 0 spiro atoms. The number of nitrogens with one attached hydrogen (secondary N) is 1. The van der Waals surface area contributed by atoms with Crippen LogP contribution >= 0.6 is 11.6 Å². The van der Waals surface area contributed by atoms with E-state index in [4.69, 9.17) is 11.6 Å². The second-order valence-corrected chi connectivity index (χ2v) is 9.36. The topological polar surface area (TPSA) is 114 Å². The molecule has 1 saturated heterocycles. The van der Waals surface area contributed by atoms with E-state index < -0.39 is 10.0 Å². The monoisotopic (exact) mass is 422 g/mol. The van der Waals surface area contributed by atoms with Crippen LogP contribution in [0.2, 0.25) is 5.02 Å². The zero-order chi connectivity index (χ0) is 19.9. The Morgan fingerprint density at radius 1 is 1.29 bits per heavy atom. The SMILES string of the molecule is CS(=O)(=O)N1CCC(c2nc3c(nnn3Cc3cccc(Cl)c3)c(=O)[nH]2)CC1. The van der Waals surface area contributed by atoms with Gasteiger partial charge in [0, 0.05) is 24.0 Å². The molecule has 2 aromatic heterocycles. The Morgan fingerprint density at radius 3 is 2.71 bits per heavy atom. The number of piperidine rings is 1. The third-order valence-corrected chi connectivity index (χ3v) is 6.46. The van der Waals surface area contributed by atoms with Gasteiger partial charge in [0.15, 0.2) is 11.2 Å². The molecular weight excluding hydrogens is 404 g/mol. The third kappa shape index (κ3) is 3.80. The minimum absolute atomic E-state index is 0.0235. The maximum Gasteiger partial charge on any atom is 0.281 e. The number of nitrogens with zero attached hydrogens (tertiary/aromatic N) is 5. The Morgan fingerprint density at radius 2 is 2.04 bits per heavy atom. The first-order chi connectivity index (χ1) is 13.3. The van der Waals surface area contributed by atoms with Gasteiger partial charge in [-0.15, -0.1) is 5.10 Å². The average molecular weight is 423 g/mol. The van der Waals surface area contributed by atoms with Gasteiger partial charge in [-0.1, -0.05) is 28.9 Å². The van der Waals surface area contributed by atoms with Crippen molar-refractivity contribution in [2.75, 3.05) is 19.3 Å². The molecule has 0 bridgehead atoms. The fraction of sp³-hybridized carbons (Fsp3) is 0.412. The van der Waals surface area contributed by atoms with E-state index in [-0.39, 0.29) is 17.0 Å². The molecule has 1 aliphatic heterocycles. The van der Waals surface area contributed by atoms with Crippen molar-refractivity contribution >= 4 is 32.8 Å². The van der Waals surface area contributed by atoms with Gasteiger partial charge in [-0.2, -0.15) is 0 Å². The number of H-pyrrole nitrogens is 1. The molecule has 1 N–H and O–H groups in total. The van der Waals surface area contributed by atoms with Crippen LogP contribution in [0.4, 0.5) is 0 Å². The van der Waals surface area contributed by atoms with E-state index in [1.54, 1.807) is 10.7 Å². The van der Waals surface area contributed by atoms with Crippen LogP contribution in [0.25, 0.3) is 11.2 Å². The molecule has 1 aromatic carbocycles. The first-order valence-corrected chi connectivity index (χ1v) is 11.1. The molecule has 1 aliphatic rings. The molecule has 0 saturated carbocycles. The van der Waals surface area contributed by atoms with Crippen molar-refractivity contribution in [3.63, 3.8) is 0 Å². The molecule has 11 heteroatoms. The second-order valence-electron chi connectivity index (χ2n) is 6.94. The fourth-order valence-corrected chi connectivity index (χ4v) is 4.54. The number of rotatable bonds is 4. The van der Waals surface area contributed by atoms with Crippen molar-refractivity contribution in [1.82, 2.24) is 29.3 Å². The Kier molecular flexibility index (Phi) is 4.94. The molecule has 28 heavy (non-hydrogen) atoms.